The molecule has 1 aromatic rings. The zero-order valence-corrected chi connectivity index (χ0v) is 17.3. The van der Waals surface area contributed by atoms with Gasteiger partial charge in [-0.2, -0.15) is 0 Å². The van der Waals surface area contributed by atoms with E-state index in [0.717, 1.165) is 36.6 Å². The molecule has 0 aromatic heterocycles. The number of benzene rings is 1. The summed E-state index contributed by atoms with van der Waals surface area (Å²) in [4.78, 5) is 14.9. The third-order valence-electron chi connectivity index (χ3n) is 4.81. The highest BCUT2D eigenvalue weighted by Crippen LogP contribution is 2.23. The average Bonchev–Trinajstić information content (AvgIpc) is 2.65. The molecule has 1 N–H and O–H groups in total. The second kappa shape index (κ2) is 9.94. The Hall–Kier alpha value is -1.80. The minimum Gasteiger partial charge on any atom is -0.497 e. The van der Waals surface area contributed by atoms with Gasteiger partial charge in [0.15, 0.2) is 0 Å². The van der Waals surface area contributed by atoms with Crippen molar-refractivity contribution in [1.82, 2.24) is 10.2 Å². The Morgan fingerprint density at radius 1 is 1.22 bits per heavy atom. The largest absolute Gasteiger partial charge is 0.497 e. The minimum atomic E-state index is -3.61. The number of hydrogen-bond acceptors (Lipinski definition) is 5. The first kappa shape index (κ1) is 21.5. The second-order valence-electron chi connectivity index (χ2n) is 6.98. The van der Waals surface area contributed by atoms with E-state index in [1.807, 2.05) is 0 Å². The first-order valence-corrected chi connectivity index (χ1v) is 11.3. The molecule has 27 heavy (non-hydrogen) atoms. The maximum atomic E-state index is 12.5. The lowest BCUT2D eigenvalue weighted by atomic mass is 10.1. The predicted octanol–water partition coefficient (Wildman–Crippen LogP) is 1.84. The predicted molar refractivity (Wildman–Crippen MR) is 108 cm³/mol. The highest BCUT2D eigenvalue weighted by Gasteiger charge is 2.28. The van der Waals surface area contributed by atoms with E-state index in [1.165, 1.54) is 19.3 Å². The summed E-state index contributed by atoms with van der Waals surface area (Å²) in [6, 6.07) is 5.80. The first-order chi connectivity index (χ1) is 12.8. The van der Waals surface area contributed by atoms with Crippen LogP contribution in [0.4, 0.5) is 5.69 Å². The average molecular weight is 398 g/mol. The minimum absolute atomic E-state index is 0.296. The van der Waals surface area contributed by atoms with Crippen LogP contribution in [0.3, 0.4) is 0 Å². The number of likely N-dealkylation sites (tertiary alicyclic amines) is 1. The van der Waals surface area contributed by atoms with Gasteiger partial charge in [0.25, 0.3) is 0 Å². The Morgan fingerprint density at radius 3 is 2.41 bits per heavy atom. The quantitative estimate of drug-likeness (QED) is 0.643. The SMILES string of the molecule is COc1ccc(N([C@@H](C)C(=O)NCCCN2CCCCC2)S(C)(=O)=O)cc1. The fourth-order valence-corrected chi connectivity index (χ4v) is 4.56. The van der Waals surface area contributed by atoms with Gasteiger partial charge in [0, 0.05) is 6.54 Å². The lowest BCUT2D eigenvalue weighted by molar-refractivity contribution is -0.121. The van der Waals surface area contributed by atoms with E-state index in [9.17, 15) is 13.2 Å². The number of amides is 1. The Bertz CT molecular complexity index is 700. The van der Waals surface area contributed by atoms with Crippen LogP contribution in [0.25, 0.3) is 0 Å². The van der Waals surface area contributed by atoms with E-state index in [-0.39, 0.29) is 5.91 Å². The van der Waals surface area contributed by atoms with Crippen LogP contribution in [-0.2, 0) is 14.8 Å². The van der Waals surface area contributed by atoms with Crippen LogP contribution in [0.1, 0.15) is 32.6 Å². The molecule has 7 nitrogen and oxygen atoms in total. The van der Waals surface area contributed by atoms with Crippen molar-refractivity contribution < 1.29 is 17.9 Å². The summed E-state index contributed by atoms with van der Waals surface area (Å²) in [7, 11) is -2.06. The fourth-order valence-electron chi connectivity index (χ4n) is 3.38. The summed E-state index contributed by atoms with van der Waals surface area (Å²) < 4.78 is 30.8. The summed E-state index contributed by atoms with van der Waals surface area (Å²) >= 11 is 0. The van der Waals surface area contributed by atoms with E-state index in [1.54, 1.807) is 38.3 Å². The number of piperidine rings is 1. The lowest BCUT2D eigenvalue weighted by Gasteiger charge is -2.29. The van der Waals surface area contributed by atoms with Crippen molar-refractivity contribution in [3.8, 4) is 5.75 Å². The summed E-state index contributed by atoms with van der Waals surface area (Å²) in [6.45, 7) is 5.36. The van der Waals surface area contributed by atoms with Crippen molar-refractivity contribution >= 4 is 21.6 Å². The molecule has 1 heterocycles. The van der Waals surface area contributed by atoms with Crippen molar-refractivity contribution in [2.45, 2.75) is 38.6 Å². The number of rotatable bonds is 9. The molecule has 1 fully saturated rings. The lowest BCUT2D eigenvalue weighted by Crippen LogP contribution is -2.48. The number of hydrogen-bond donors (Lipinski definition) is 1. The van der Waals surface area contributed by atoms with Crippen LogP contribution in [-0.4, -0.2) is 64.8 Å². The molecule has 8 heteroatoms. The van der Waals surface area contributed by atoms with E-state index in [2.05, 4.69) is 10.2 Å². The van der Waals surface area contributed by atoms with Gasteiger partial charge in [0.2, 0.25) is 15.9 Å². The first-order valence-electron chi connectivity index (χ1n) is 9.46. The highest BCUT2D eigenvalue weighted by molar-refractivity contribution is 7.92. The Morgan fingerprint density at radius 2 is 1.85 bits per heavy atom. The topological polar surface area (TPSA) is 79.0 Å². The Balaban J connectivity index is 1.93. The molecule has 1 saturated heterocycles. The summed E-state index contributed by atoms with van der Waals surface area (Å²) in [5, 5.41) is 2.87. The third-order valence-corrected chi connectivity index (χ3v) is 6.06. The highest BCUT2D eigenvalue weighted by atomic mass is 32.2. The van der Waals surface area contributed by atoms with Crippen molar-refractivity contribution in [1.29, 1.82) is 0 Å². The number of methoxy groups -OCH3 is 1. The number of sulfonamides is 1. The van der Waals surface area contributed by atoms with Gasteiger partial charge in [-0.1, -0.05) is 6.42 Å². The number of nitrogens with zero attached hydrogens (tertiary/aromatic N) is 2. The monoisotopic (exact) mass is 397 g/mol. The number of nitrogens with one attached hydrogen (secondary N) is 1. The molecule has 1 atom stereocenters. The molecule has 0 bridgehead atoms. The van der Waals surface area contributed by atoms with Crippen LogP contribution >= 0.6 is 0 Å². The summed E-state index contributed by atoms with van der Waals surface area (Å²) in [5.41, 5.74) is 0.439. The summed E-state index contributed by atoms with van der Waals surface area (Å²) in [6.07, 6.45) is 5.76. The van der Waals surface area contributed by atoms with Gasteiger partial charge < -0.3 is 15.0 Å². The standard InChI is InChI=1S/C19H31N3O4S/c1-16(19(23)20-12-7-15-21-13-5-4-6-14-21)22(27(3,24)25)17-8-10-18(26-2)11-9-17/h8-11,16H,4-7,12-15H2,1-3H3,(H,20,23)/t16-/m0/s1. The fraction of sp³-hybridized carbons (Fsp3) is 0.632. The van der Waals surface area contributed by atoms with Crippen molar-refractivity contribution in [3.63, 3.8) is 0 Å². The van der Waals surface area contributed by atoms with E-state index >= 15 is 0 Å². The molecule has 1 aliphatic rings. The van der Waals surface area contributed by atoms with Gasteiger partial charge in [0.05, 0.1) is 19.1 Å². The molecular weight excluding hydrogens is 366 g/mol. The maximum Gasteiger partial charge on any atom is 0.243 e. The molecule has 0 aliphatic carbocycles. The molecule has 1 aliphatic heterocycles. The van der Waals surface area contributed by atoms with Crippen molar-refractivity contribution in [2.24, 2.45) is 0 Å². The molecule has 0 saturated carbocycles. The second-order valence-corrected chi connectivity index (χ2v) is 8.84. The number of ether oxygens (including phenoxy) is 1. The number of carbonyl (C=O) groups excluding carboxylic acids is 1. The Labute approximate surface area is 162 Å². The van der Waals surface area contributed by atoms with Crippen molar-refractivity contribution in [3.05, 3.63) is 24.3 Å². The molecule has 1 aromatic carbocycles. The third kappa shape index (κ3) is 6.39. The Kier molecular flexibility index (Phi) is 7.91. The van der Waals surface area contributed by atoms with E-state index in [0.29, 0.717) is 18.0 Å². The zero-order chi connectivity index (χ0) is 19.9. The summed E-state index contributed by atoms with van der Waals surface area (Å²) in [5.74, 6) is 0.330. The van der Waals surface area contributed by atoms with Crippen molar-refractivity contribution in [2.75, 3.05) is 43.8 Å². The molecule has 1 amide bonds. The van der Waals surface area contributed by atoms with Crippen LogP contribution in [0, 0.1) is 0 Å². The molecule has 0 unspecified atom stereocenters. The van der Waals surface area contributed by atoms with Crippen LogP contribution in [0.2, 0.25) is 0 Å². The van der Waals surface area contributed by atoms with Gasteiger partial charge in [-0.05, 0) is 70.1 Å². The van der Waals surface area contributed by atoms with Gasteiger partial charge in [-0.25, -0.2) is 8.42 Å². The van der Waals surface area contributed by atoms with E-state index < -0.39 is 16.1 Å². The van der Waals surface area contributed by atoms with Gasteiger partial charge in [0.1, 0.15) is 11.8 Å². The molecule has 0 radical (unpaired) electrons. The molecular formula is C19H31N3O4S. The smallest absolute Gasteiger partial charge is 0.243 e. The van der Waals surface area contributed by atoms with E-state index in [4.69, 9.17) is 4.74 Å². The molecule has 152 valence electrons. The van der Waals surface area contributed by atoms with Gasteiger partial charge in [-0.15, -0.1) is 0 Å². The van der Waals surface area contributed by atoms with Crippen LogP contribution < -0.4 is 14.4 Å². The van der Waals surface area contributed by atoms with Crippen LogP contribution in [0.15, 0.2) is 24.3 Å². The zero-order valence-electron chi connectivity index (χ0n) is 16.5. The van der Waals surface area contributed by atoms with Gasteiger partial charge in [-0.3, -0.25) is 9.10 Å². The van der Waals surface area contributed by atoms with Gasteiger partial charge >= 0.3 is 0 Å². The molecule has 2 rings (SSSR count). The number of carbonyl (C=O) groups is 1. The number of anilines is 1. The maximum absolute atomic E-state index is 12.5. The van der Waals surface area contributed by atoms with Crippen LogP contribution in [0.5, 0.6) is 5.75 Å². The molecule has 0 spiro atoms. The normalized spacial score (nSPS) is 16.6.